The molecule has 3 heteroatoms. The molecule has 1 N–H and O–H groups in total. The van der Waals surface area contributed by atoms with Crippen molar-refractivity contribution in [3.8, 4) is 0 Å². The van der Waals surface area contributed by atoms with Gasteiger partial charge < -0.3 is 10.2 Å². The Hall–Kier alpha value is -1.61. The maximum absolute atomic E-state index is 12.6. The third-order valence-corrected chi connectivity index (χ3v) is 3.79. The van der Waals surface area contributed by atoms with Crippen LogP contribution in [-0.4, -0.2) is 25.0 Å². The van der Waals surface area contributed by atoms with Gasteiger partial charge in [0.15, 0.2) is 0 Å². The zero-order valence-corrected chi connectivity index (χ0v) is 12.9. The molecule has 1 aromatic rings. The minimum Gasteiger partial charge on any atom is -0.311 e. The first-order chi connectivity index (χ1) is 9.34. The first-order valence-corrected chi connectivity index (χ1v) is 7.15. The van der Waals surface area contributed by atoms with Gasteiger partial charge in [0.2, 0.25) is 5.91 Å². The van der Waals surface area contributed by atoms with E-state index in [1.807, 2.05) is 43.0 Å². The normalized spacial score (nSPS) is 16.6. The number of carbonyl (C=O) groups is 1. The molecule has 20 heavy (non-hydrogen) atoms. The van der Waals surface area contributed by atoms with Crippen molar-refractivity contribution in [2.75, 3.05) is 18.0 Å². The lowest BCUT2D eigenvalue weighted by Crippen LogP contribution is -2.38. The SMILES string of the molecule is C=C(CNC(C)C)CN1C(=O)C(C)(C)c2ccccc21. The van der Waals surface area contributed by atoms with E-state index in [1.54, 1.807) is 0 Å². The molecule has 0 spiro atoms. The van der Waals surface area contributed by atoms with Crippen molar-refractivity contribution in [2.24, 2.45) is 0 Å². The summed E-state index contributed by atoms with van der Waals surface area (Å²) in [7, 11) is 0. The first kappa shape index (κ1) is 14.8. The van der Waals surface area contributed by atoms with Crippen LogP contribution < -0.4 is 10.2 Å². The fourth-order valence-electron chi connectivity index (χ4n) is 2.58. The van der Waals surface area contributed by atoms with Crippen molar-refractivity contribution in [1.29, 1.82) is 0 Å². The van der Waals surface area contributed by atoms with Crippen molar-refractivity contribution >= 4 is 11.6 Å². The van der Waals surface area contributed by atoms with E-state index in [2.05, 4.69) is 25.7 Å². The molecule has 2 rings (SSSR count). The smallest absolute Gasteiger partial charge is 0.237 e. The number of carbonyl (C=O) groups excluding carboxylic acids is 1. The maximum atomic E-state index is 12.6. The number of benzene rings is 1. The van der Waals surface area contributed by atoms with E-state index in [1.165, 1.54) is 0 Å². The summed E-state index contributed by atoms with van der Waals surface area (Å²) in [6.45, 7) is 13.6. The molecule has 0 aliphatic carbocycles. The van der Waals surface area contributed by atoms with Crippen molar-refractivity contribution in [3.63, 3.8) is 0 Å². The molecule has 1 aliphatic heterocycles. The van der Waals surface area contributed by atoms with Crippen LogP contribution >= 0.6 is 0 Å². The zero-order valence-electron chi connectivity index (χ0n) is 12.9. The van der Waals surface area contributed by atoms with Crippen LogP contribution in [0.1, 0.15) is 33.3 Å². The van der Waals surface area contributed by atoms with Crippen molar-refractivity contribution in [2.45, 2.75) is 39.2 Å². The van der Waals surface area contributed by atoms with Gasteiger partial charge in [0.1, 0.15) is 0 Å². The van der Waals surface area contributed by atoms with E-state index >= 15 is 0 Å². The van der Waals surface area contributed by atoms with Crippen LogP contribution in [0.5, 0.6) is 0 Å². The number of hydrogen-bond acceptors (Lipinski definition) is 2. The van der Waals surface area contributed by atoms with Crippen LogP contribution in [0.2, 0.25) is 0 Å². The van der Waals surface area contributed by atoms with Crippen molar-refractivity contribution < 1.29 is 4.79 Å². The van der Waals surface area contributed by atoms with Gasteiger partial charge in [-0.15, -0.1) is 0 Å². The maximum Gasteiger partial charge on any atom is 0.237 e. The Bertz CT molecular complexity index is 532. The summed E-state index contributed by atoms with van der Waals surface area (Å²) in [5.41, 5.74) is 2.71. The highest BCUT2D eigenvalue weighted by molar-refractivity contribution is 6.07. The van der Waals surface area contributed by atoms with Crippen molar-refractivity contribution in [3.05, 3.63) is 42.0 Å². The number of anilines is 1. The Morgan fingerprint density at radius 1 is 1.35 bits per heavy atom. The number of nitrogens with zero attached hydrogens (tertiary/aromatic N) is 1. The highest BCUT2D eigenvalue weighted by Crippen LogP contribution is 2.41. The number of hydrogen-bond donors (Lipinski definition) is 1. The van der Waals surface area contributed by atoms with Gasteiger partial charge in [0.05, 0.1) is 5.41 Å². The van der Waals surface area contributed by atoms with Gasteiger partial charge in [-0.25, -0.2) is 0 Å². The Kier molecular flexibility index (Phi) is 4.00. The van der Waals surface area contributed by atoms with Gasteiger partial charge in [0, 0.05) is 24.8 Å². The molecule has 1 heterocycles. The lowest BCUT2D eigenvalue weighted by Gasteiger charge is -2.22. The molecular weight excluding hydrogens is 248 g/mol. The van der Waals surface area contributed by atoms with Crippen LogP contribution in [0.3, 0.4) is 0 Å². The van der Waals surface area contributed by atoms with Gasteiger partial charge in [0.25, 0.3) is 0 Å². The number of rotatable bonds is 5. The predicted molar refractivity (Wildman–Crippen MR) is 84.1 cm³/mol. The Morgan fingerprint density at radius 2 is 2.00 bits per heavy atom. The van der Waals surface area contributed by atoms with E-state index in [9.17, 15) is 4.79 Å². The van der Waals surface area contributed by atoms with Gasteiger partial charge in [-0.1, -0.05) is 38.6 Å². The molecular formula is C17H24N2O. The highest BCUT2D eigenvalue weighted by Gasteiger charge is 2.43. The standard InChI is InChI=1S/C17H24N2O/c1-12(2)18-10-13(3)11-19-15-9-7-6-8-14(15)17(4,5)16(19)20/h6-9,12,18H,3,10-11H2,1-2,4-5H3. The van der Waals surface area contributed by atoms with Gasteiger partial charge in [-0.05, 0) is 31.1 Å². The van der Waals surface area contributed by atoms with Crippen LogP contribution in [0.25, 0.3) is 0 Å². The second-order valence-corrected chi connectivity index (χ2v) is 6.32. The van der Waals surface area contributed by atoms with Gasteiger partial charge >= 0.3 is 0 Å². The number of fused-ring (bicyclic) bond motifs is 1. The fourth-order valence-corrected chi connectivity index (χ4v) is 2.58. The molecule has 0 radical (unpaired) electrons. The molecule has 0 atom stereocenters. The predicted octanol–water partition coefficient (Wildman–Crippen LogP) is 2.87. The van der Waals surface area contributed by atoms with Crippen LogP contribution in [-0.2, 0) is 10.2 Å². The fraction of sp³-hybridized carbons (Fsp3) is 0.471. The minimum absolute atomic E-state index is 0.157. The number of nitrogens with one attached hydrogen (secondary N) is 1. The number of amides is 1. The summed E-state index contributed by atoms with van der Waals surface area (Å²) in [4.78, 5) is 14.5. The lowest BCUT2D eigenvalue weighted by atomic mass is 9.86. The zero-order chi connectivity index (χ0) is 14.9. The average molecular weight is 272 g/mol. The summed E-state index contributed by atoms with van der Waals surface area (Å²) in [6, 6.07) is 8.46. The van der Waals surface area contributed by atoms with E-state index in [4.69, 9.17) is 0 Å². The average Bonchev–Trinajstić information content (AvgIpc) is 2.58. The summed E-state index contributed by atoms with van der Waals surface area (Å²) in [5.74, 6) is 0.157. The highest BCUT2D eigenvalue weighted by atomic mass is 16.2. The molecule has 1 aliphatic rings. The molecule has 1 amide bonds. The molecule has 0 saturated carbocycles. The summed E-state index contributed by atoms with van der Waals surface area (Å²) < 4.78 is 0. The number of para-hydroxylation sites is 1. The van der Waals surface area contributed by atoms with E-state index < -0.39 is 5.41 Å². The topological polar surface area (TPSA) is 32.3 Å². The molecule has 108 valence electrons. The monoisotopic (exact) mass is 272 g/mol. The third-order valence-electron chi connectivity index (χ3n) is 3.79. The summed E-state index contributed by atoms with van der Waals surface area (Å²) >= 11 is 0. The quantitative estimate of drug-likeness (QED) is 0.836. The molecule has 0 fully saturated rings. The Balaban J connectivity index is 2.17. The van der Waals surface area contributed by atoms with Crippen molar-refractivity contribution in [1.82, 2.24) is 5.32 Å². The molecule has 3 nitrogen and oxygen atoms in total. The second kappa shape index (κ2) is 5.41. The third kappa shape index (κ3) is 2.63. The minimum atomic E-state index is -0.442. The van der Waals surface area contributed by atoms with Crippen LogP contribution in [0, 0.1) is 0 Å². The summed E-state index contributed by atoms with van der Waals surface area (Å²) in [5, 5.41) is 3.34. The van der Waals surface area contributed by atoms with E-state index in [0.29, 0.717) is 12.6 Å². The van der Waals surface area contributed by atoms with Crippen LogP contribution in [0.15, 0.2) is 36.4 Å². The van der Waals surface area contributed by atoms with E-state index in [-0.39, 0.29) is 5.91 Å². The van der Waals surface area contributed by atoms with Gasteiger partial charge in [-0.3, -0.25) is 4.79 Å². The summed E-state index contributed by atoms with van der Waals surface area (Å²) in [6.07, 6.45) is 0. The molecule has 1 aromatic carbocycles. The first-order valence-electron chi connectivity index (χ1n) is 7.15. The van der Waals surface area contributed by atoms with E-state index in [0.717, 1.165) is 23.4 Å². The molecule has 0 aromatic heterocycles. The lowest BCUT2D eigenvalue weighted by molar-refractivity contribution is -0.122. The molecule has 0 saturated heterocycles. The molecule has 0 bridgehead atoms. The van der Waals surface area contributed by atoms with Gasteiger partial charge in [-0.2, -0.15) is 0 Å². The largest absolute Gasteiger partial charge is 0.311 e. The van der Waals surface area contributed by atoms with Crippen LogP contribution in [0.4, 0.5) is 5.69 Å². The molecule has 0 unspecified atom stereocenters. The Labute approximate surface area is 121 Å². The Morgan fingerprint density at radius 3 is 2.65 bits per heavy atom. The second-order valence-electron chi connectivity index (χ2n) is 6.32.